The lowest BCUT2D eigenvalue weighted by Gasteiger charge is -1.80. The van der Waals surface area contributed by atoms with Gasteiger partial charge in [-0.2, -0.15) is 9.77 Å². The molecule has 5 nitrogen and oxygen atoms in total. The first-order chi connectivity index (χ1) is 3.72. The molecule has 1 rings (SSSR count). The summed E-state index contributed by atoms with van der Waals surface area (Å²) in [6.07, 6.45) is 1.25. The van der Waals surface area contributed by atoms with Crippen LogP contribution >= 0.6 is 0 Å². The van der Waals surface area contributed by atoms with Crippen LogP contribution < -0.4 is 11.5 Å². The van der Waals surface area contributed by atoms with Crippen LogP contribution in [0.4, 0.5) is 0 Å². The Kier molecular flexibility index (Phi) is 0.831. The Hall–Kier alpha value is -1.26. The number of rotatable bonds is 0. The maximum atomic E-state index is 10.5. The van der Waals surface area contributed by atoms with Crippen LogP contribution in [0.2, 0.25) is 0 Å². The molecule has 0 amide bonds. The molecule has 8 heavy (non-hydrogen) atoms. The molecular formula is C3H6N4O. The van der Waals surface area contributed by atoms with Gasteiger partial charge in [0.15, 0.2) is 0 Å². The summed E-state index contributed by atoms with van der Waals surface area (Å²) < 4.78 is 2.07. The van der Waals surface area contributed by atoms with Crippen molar-refractivity contribution in [2.75, 3.05) is 5.84 Å². The van der Waals surface area contributed by atoms with Crippen LogP contribution in [-0.2, 0) is 7.05 Å². The van der Waals surface area contributed by atoms with Gasteiger partial charge < -0.3 is 5.84 Å². The highest BCUT2D eigenvalue weighted by Gasteiger charge is 1.91. The van der Waals surface area contributed by atoms with E-state index in [0.717, 1.165) is 9.36 Å². The van der Waals surface area contributed by atoms with Gasteiger partial charge in [0.2, 0.25) is 0 Å². The van der Waals surface area contributed by atoms with Gasteiger partial charge in [0.1, 0.15) is 6.33 Å². The van der Waals surface area contributed by atoms with Crippen molar-refractivity contribution >= 4 is 0 Å². The van der Waals surface area contributed by atoms with E-state index in [2.05, 4.69) is 5.10 Å². The zero-order valence-corrected chi connectivity index (χ0v) is 4.40. The summed E-state index contributed by atoms with van der Waals surface area (Å²) in [5.74, 6) is 5.06. The van der Waals surface area contributed by atoms with Crippen molar-refractivity contribution in [3.05, 3.63) is 16.8 Å². The lowest BCUT2D eigenvalue weighted by Crippen LogP contribution is -2.27. The molecule has 0 spiro atoms. The highest BCUT2D eigenvalue weighted by molar-refractivity contribution is 4.63. The highest BCUT2D eigenvalue weighted by atomic mass is 16.2. The van der Waals surface area contributed by atoms with E-state index in [9.17, 15) is 4.79 Å². The topological polar surface area (TPSA) is 65.8 Å². The first-order valence-electron chi connectivity index (χ1n) is 2.07. The molecule has 0 saturated carbocycles. The lowest BCUT2D eigenvalue weighted by molar-refractivity contribution is 0.722. The van der Waals surface area contributed by atoms with Crippen LogP contribution in [0.5, 0.6) is 0 Å². The Morgan fingerprint density at radius 2 is 2.50 bits per heavy atom. The average Bonchev–Trinajstić information content (AvgIpc) is 1.98. The maximum Gasteiger partial charge on any atom is 0.364 e. The zero-order chi connectivity index (χ0) is 6.15. The van der Waals surface area contributed by atoms with E-state index >= 15 is 0 Å². The molecule has 0 saturated heterocycles. The molecule has 0 aliphatic heterocycles. The molecule has 0 radical (unpaired) electrons. The van der Waals surface area contributed by atoms with Gasteiger partial charge >= 0.3 is 5.69 Å². The monoisotopic (exact) mass is 114 g/mol. The van der Waals surface area contributed by atoms with Crippen molar-refractivity contribution in [2.24, 2.45) is 7.05 Å². The summed E-state index contributed by atoms with van der Waals surface area (Å²) in [6.45, 7) is 0. The van der Waals surface area contributed by atoms with Crippen LogP contribution in [0.1, 0.15) is 0 Å². The normalized spacial score (nSPS) is 9.62. The first-order valence-corrected chi connectivity index (χ1v) is 2.07. The Bertz CT molecular complexity index is 211. The molecule has 0 aliphatic rings. The number of nitrogen functional groups attached to an aromatic ring is 1. The number of hydrogen-bond acceptors (Lipinski definition) is 3. The minimum atomic E-state index is -0.315. The van der Waals surface area contributed by atoms with Gasteiger partial charge in [0.05, 0.1) is 0 Å². The fourth-order valence-corrected chi connectivity index (χ4v) is 0.399. The molecule has 0 aliphatic carbocycles. The number of nitrogens with zero attached hydrogens (tertiary/aromatic N) is 3. The Morgan fingerprint density at radius 3 is 2.62 bits per heavy atom. The molecule has 0 aromatic carbocycles. The fourth-order valence-electron chi connectivity index (χ4n) is 0.399. The molecule has 0 unspecified atom stereocenters. The molecule has 1 aromatic rings. The largest absolute Gasteiger partial charge is 0.364 e. The second-order valence-electron chi connectivity index (χ2n) is 1.44. The molecule has 1 aromatic heterocycles. The van der Waals surface area contributed by atoms with E-state index in [4.69, 9.17) is 5.84 Å². The minimum absolute atomic E-state index is 0.315. The second-order valence-corrected chi connectivity index (χ2v) is 1.44. The smallest absolute Gasteiger partial charge is 0.334 e. The van der Waals surface area contributed by atoms with Crippen LogP contribution in [-0.4, -0.2) is 14.5 Å². The summed E-state index contributed by atoms with van der Waals surface area (Å²) in [6, 6.07) is 0. The number of aryl methyl sites for hydroxylation is 1. The van der Waals surface area contributed by atoms with E-state index in [1.165, 1.54) is 13.4 Å². The third-order valence-corrected chi connectivity index (χ3v) is 0.847. The standard InChI is InChI=1S/C3H6N4O/c1-6-3(8)7(4)2-5-6/h2H,4H2,1H3. The second kappa shape index (κ2) is 1.36. The summed E-state index contributed by atoms with van der Waals surface area (Å²) >= 11 is 0. The molecule has 0 bridgehead atoms. The number of nitrogens with two attached hydrogens (primary N) is 1. The summed E-state index contributed by atoms with van der Waals surface area (Å²) in [7, 11) is 1.53. The minimum Gasteiger partial charge on any atom is -0.334 e. The first kappa shape index (κ1) is 4.89. The summed E-state index contributed by atoms with van der Waals surface area (Å²) in [5, 5.41) is 3.56. The predicted molar refractivity (Wildman–Crippen MR) is 27.6 cm³/mol. The number of hydrogen-bond donors (Lipinski definition) is 1. The fraction of sp³-hybridized carbons (Fsp3) is 0.333. The van der Waals surface area contributed by atoms with Crippen molar-refractivity contribution in [3.8, 4) is 0 Å². The van der Waals surface area contributed by atoms with Crippen LogP contribution in [0.25, 0.3) is 0 Å². The molecule has 0 atom stereocenters. The Balaban J connectivity index is 3.42. The zero-order valence-electron chi connectivity index (χ0n) is 4.40. The van der Waals surface area contributed by atoms with E-state index in [1.807, 2.05) is 0 Å². The average molecular weight is 114 g/mol. The van der Waals surface area contributed by atoms with Gasteiger partial charge in [-0.3, -0.25) is 0 Å². The van der Waals surface area contributed by atoms with Crippen LogP contribution in [0.15, 0.2) is 11.1 Å². The molecule has 5 heteroatoms. The Labute approximate surface area is 45.3 Å². The molecule has 2 N–H and O–H groups in total. The van der Waals surface area contributed by atoms with Crippen LogP contribution in [0.3, 0.4) is 0 Å². The van der Waals surface area contributed by atoms with E-state index in [0.29, 0.717) is 0 Å². The van der Waals surface area contributed by atoms with E-state index < -0.39 is 0 Å². The molecular weight excluding hydrogens is 108 g/mol. The van der Waals surface area contributed by atoms with Crippen LogP contribution in [0, 0.1) is 0 Å². The quantitative estimate of drug-likeness (QED) is 0.409. The molecule has 1 heterocycles. The maximum absolute atomic E-state index is 10.5. The van der Waals surface area contributed by atoms with Gasteiger partial charge in [-0.1, -0.05) is 0 Å². The van der Waals surface area contributed by atoms with Gasteiger partial charge in [-0.15, -0.1) is 0 Å². The number of aromatic nitrogens is 3. The highest BCUT2D eigenvalue weighted by Crippen LogP contribution is 1.60. The van der Waals surface area contributed by atoms with E-state index in [1.54, 1.807) is 0 Å². The van der Waals surface area contributed by atoms with Gasteiger partial charge in [0, 0.05) is 7.05 Å². The predicted octanol–water partition coefficient (Wildman–Crippen LogP) is -1.70. The van der Waals surface area contributed by atoms with Crippen molar-refractivity contribution in [1.82, 2.24) is 14.5 Å². The van der Waals surface area contributed by atoms with Gasteiger partial charge in [-0.25, -0.2) is 9.48 Å². The van der Waals surface area contributed by atoms with Crippen molar-refractivity contribution in [1.29, 1.82) is 0 Å². The molecule has 0 fully saturated rings. The summed E-state index contributed by atoms with van der Waals surface area (Å²) in [4.78, 5) is 10.5. The van der Waals surface area contributed by atoms with Gasteiger partial charge in [0.25, 0.3) is 0 Å². The third-order valence-electron chi connectivity index (χ3n) is 0.847. The van der Waals surface area contributed by atoms with E-state index in [-0.39, 0.29) is 5.69 Å². The SMILES string of the molecule is Cn1ncn(N)c1=O. The van der Waals surface area contributed by atoms with Crippen molar-refractivity contribution in [3.63, 3.8) is 0 Å². The third kappa shape index (κ3) is 0.481. The van der Waals surface area contributed by atoms with Crippen molar-refractivity contribution in [2.45, 2.75) is 0 Å². The van der Waals surface area contributed by atoms with Gasteiger partial charge in [-0.05, 0) is 0 Å². The Morgan fingerprint density at radius 1 is 1.88 bits per heavy atom. The summed E-state index contributed by atoms with van der Waals surface area (Å²) in [5.41, 5.74) is -0.315. The van der Waals surface area contributed by atoms with Crippen molar-refractivity contribution < 1.29 is 0 Å². The lowest BCUT2D eigenvalue weighted by atomic mass is 11.1. The molecule has 44 valence electrons.